The van der Waals surface area contributed by atoms with Crippen molar-refractivity contribution >= 4 is 23.1 Å². The van der Waals surface area contributed by atoms with E-state index in [0.717, 1.165) is 11.4 Å². The molecule has 0 saturated heterocycles. The van der Waals surface area contributed by atoms with E-state index >= 15 is 0 Å². The molecule has 7 nitrogen and oxygen atoms in total. The number of carbonyl (C=O) groups excluding carboxylic acids is 1. The van der Waals surface area contributed by atoms with Crippen LogP contribution in [0.5, 0.6) is 0 Å². The Bertz CT molecular complexity index is 1290. The summed E-state index contributed by atoms with van der Waals surface area (Å²) in [5.41, 5.74) is 2.38. The van der Waals surface area contributed by atoms with Crippen LogP contribution < -0.4 is 0 Å². The zero-order valence-electron chi connectivity index (χ0n) is 16.8. The summed E-state index contributed by atoms with van der Waals surface area (Å²) < 4.78 is 1.99. The Hall–Kier alpha value is -3.83. The molecule has 1 amide bonds. The molecule has 1 atom stereocenters. The number of hydrogen-bond acceptors (Lipinski definition) is 5. The van der Waals surface area contributed by atoms with Crippen molar-refractivity contribution in [2.75, 3.05) is 6.54 Å². The second-order valence-corrected chi connectivity index (χ2v) is 8.20. The van der Waals surface area contributed by atoms with Gasteiger partial charge in [0.1, 0.15) is 0 Å². The number of hydrogen-bond donors (Lipinski definition) is 0. The van der Waals surface area contributed by atoms with Gasteiger partial charge in [-0.05, 0) is 48.2 Å². The van der Waals surface area contributed by atoms with E-state index in [1.54, 1.807) is 23.5 Å². The molecule has 1 aliphatic heterocycles. The molecule has 152 valence electrons. The molecular weight excluding hydrogens is 408 g/mol. The van der Waals surface area contributed by atoms with Crippen LogP contribution in [0.2, 0.25) is 0 Å². The average molecular weight is 427 g/mol. The number of rotatable bonds is 3. The van der Waals surface area contributed by atoms with Crippen molar-refractivity contribution in [2.45, 2.75) is 19.5 Å². The second-order valence-electron chi connectivity index (χ2n) is 7.26. The van der Waals surface area contributed by atoms with Crippen molar-refractivity contribution in [3.63, 3.8) is 0 Å². The first-order valence-corrected chi connectivity index (χ1v) is 10.8. The highest BCUT2D eigenvalue weighted by Gasteiger charge is 2.32. The fourth-order valence-corrected chi connectivity index (χ4v) is 4.58. The van der Waals surface area contributed by atoms with E-state index in [1.165, 1.54) is 4.88 Å². The van der Waals surface area contributed by atoms with Gasteiger partial charge < -0.3 is 14.3 Å². The van der Waals surface area contributed by atoms with E-state index in [2.05, 4.69) is 26.1 Å². The molecule has 0 spiro atoms. The van der Waals surface area contributed by atoms with E-state index in [0.29, 0.717) is 36.0 Å². The Balaban J connectivity index is 1.40. The lowest BCUT2D eigenvalue weighted by atomic mass is 10.1. The number of nitrogens with zero attached hydrogens (tertiary/aromatic N) is 6. The van der Waals surface area contributed by atoms with Crippen LogP contribution in [-0.4, -0.2) is 37.1 Å². The van der Waals surface area contributed by atoms with Crippen LogP contribution in [0.1, 0.15) is 29.1 Å². The van der Waals surface area contributed by atoms with Crippen LogP contribution in [-0.2, 0) is 6.54 Å². The molecule has 4 heterocycles. The van der Waals surface area contributed by atoms with Crippen LogP contribution in [0.3, 0.4) is 0 Å². The fourth-order valence-electron chi connectivity index (χ4n) is 3.85. The first kappa shape index (κ1) is 19.2. The van der Waals surface area contributed by atoms with Crippen molar-refractivity contribution in [1.29, 1.82) is 0 Å². The topological polar surface area (TPSA) is 68.3 Å². The number of amides is 1. The highest BCUT2D eigenvalue weighted by atomic mass is 32.1. The highest BCUT2D eigenvalue weighted by molar-refractivity contribution is 7.13. The minimum Gasteiger partial charge on any atom is -0.361 e. The van der Waals surface area contributed by atoms with E-state index in [4.69, 9.17) is 6.57 Å². The molecule has 0 aliphatic carbocycles. The molecule has 0 saturated carbocycles. The summed E-state index contributed by atoms with van der Waals surface area (Å²) in [5, 5.41) is 10.7. The van der Waals surface area contributed by atoms with Crippen molar-refractivity contribution in [3.05, 3.63) is 82.8 Å². The first-order valence-electron chi connectivity index (χ1n) is 9.88. The molecule has 8 heteroatoms. The van der Waals surface area contributed by atoms with Gasteiger partial charge in [-0.1, -0.05) is 30.8 Å². The normalized spacial score (nSPS) is 15.4. The van der Waals surface area contributed by atoms with Crippen molar-refractivity contribution in [2.24, 2.45) is 0 Å². The molecule has 31 heavy (non-hydrogen) atoms. The molecular formula is C23H18N6OS. The van der Waals surface area contributed by atoms with Crippen molar-refractivity contribution in [3.8, 4) is 22.0 Å². The Morgan fingerprint density at radius 1 is 1.10 bits per heavy atom. The first-order chi connectivity index (χ1) is 15.2. The lowest BCUT2D eigenvalue weighted by Gasteiger charge is -2.33. The summed E-state index contributed by atoms with van der Waals surface area (Å²) in [6, 6.07) is 16.9. The Kier molecular flexibility index (Phi) is 4.81. The molecule has 4 aromatic rings. The Morgan fingerprint density at radius 3 is 2.68 bits per heavy atom. The molecule has 0 unspecified atom stereocenters. The predicted molar refractivity (Wildman–Crippen MR) is 119 cm³/mol. The quantitative estimate of drug-likeness (QED) is 0.440. The van der Waals surface area contributed by atoms with Crippen molar-refractivity contribution < 1.29 is 4.79 Å². The maximum Gasteiger partial charge on any atom is 0.270 e. The van der Waals surface area contributed by atoms with Gasteiger partial charge in [-0.2, -0.15) is 0 Å². The fraction of sp³-hybridized carbons (Fsp3) is 0.174. The van der Waals surface area contributed by atoms with Gasteiger partial charge in [0.15, 0.2) is 11.5 Å². The molecule has 3 aromatic heterocycles. The van der Waals surface area contributed by atoms with E-state index in [1.807, 2.05) is 58.2 Å². The predicted octanol–water partition coefficient (Wildman–Crippen LogP) is 4.84. The SMILES string of the molecule is [C-]#[N+]c1cccc(-c2nnc3n2CCN(C(=O)c2ccc(-c4cccs4)cc2)[C@@H]3C)n1. The second kappa shape index (κ2) is 7.78. The third-order valence-electron chi connectivity index (χ3n) is 5.46. The molecule has 0 bridgehead atoms. The summed E-state index contributed by atoms with van der Waals surface area (Å²) in [6.07, 6.45) is 0. The Morgan fingerprint density at radius 2 is 1.94 bits per heavy atom. The number of carbonyl (C=O) groups is 1. The molecule has 0 N–H and O–H groups in total. The molecule has 0 radical (unpaired) electrons. The van der Waals surface area contributed by atoms with Crippen LogP contribution in [0, 0.1) is 6.57 Å². The van der Waals surface area contributed by atoms with Crippen LogP contribution in [0.4, 0.5) is 5.82 Å². The minimum atomic E-state index is -0.219. The van der Waals surface area contributed by atoms with Gasteiger partial charge in [0.25, 0.3) is 11.7 Å². The smallest absolute Gasteiger partial charge is 0.270 e. The lowest BCUT2D eigenvalue weighted by molar-refractivity contribution is 0.0638. The zero-order chi connectivity index (χ0) is 21.4. The van der Waals surface area contributed by atoms with Crippen LogP contribution in [0.15, 0.2) is 60.0 Å². The van der Waals surface area contributed by atoms with Gasteiger partial charge in [-0.3, -0.25) is 4.79 Å². The molecule has 5 rings (SSSR count). The van der Waals surface area contributed by atoms with Crippen molar-refractivity contribution in [1.82, 2.24) is 24.6 Å². The largest absolute Gasteiger partial charge is 0.361 e. The van der Waals surface area contributed by atoms with E-state index in [9.17, 15) is 4.79 Å². The summed E-state index contributed by atoms with van der Waals surface area (Å²) in [5.74, 6) is 1.65. The summed E-state index contributed by atoms with van der Waals surface area (Å²) in [7, 11) is 0. The number of benzene rings is 1. The molecule has 1 aromatic carbocycles. The number of fused-ring (bicyclic) bond motifs is 1. The van der Waals surface area contributed by atoms with E-state index < -0.39 is 0 Å². The third-order valence-corrected chi connectivity index (χ3v) is 6.38. The summed E-state index contributed by atoms with van der Waals surface area (Å²) in [6.45, 7) is 10.3. The Labute approximate surface area is 183 Å². The lowest BCUT2D eigenvalue weighted by Crippen LogP contribution is -2.41. The van der Waals surface area contributed by atoms with Gasteiger partial charge in [0.2, 0.25) is 5.82 Å². The highest BCUT2D eigenvalue weighted by Crippen LogP contribution is 2.30. The minimum absolute atomic E-state index is 0.0193. The maximum absolute atomic E-state index is 13.2. The number of aromatic nitrogens is 4. The summed E-state index contributed by atoms with van der Waals surface area (Å²) in [4.78, 5) is 23.9. The molecule has 1 aliphatic rings. The molecule has 0 fully saturated rings. The third kappa shape index (κ3) is 3.39. The van der Waals surface area contributed by atoms with Gasteiger partial charge in [-0.15, -0.1) is 26.5 Å². The van der Waals surface area contributed by atoms with Gasteiger partial charge in [0.05, 0.1) is 6.04 Å². The number of thiophene rings is 1. The summed E-state index contributed by atoms with van der Waals surface area (Å²) >= 11 is 1.68. The van der Waals surface area contributed by atoms with Gasteiger partial charge >= 0.3 is 0 Å². The van der Waals surface area contributed by atoms with Crippen LogP contribution in [0.25, 0.3) is 26.8 Å². The maximum atomic E-state index is 13.2. The van der Waals surface area contributed by atoms with Crippen LogP contribution >= 0.6 is 11.3 Å². The standard InChI is InChI=1S/C23H18N6OS/c1-15-21-26-27-22(18-5-3-7-20(24-2)25-18)29(21)13-12-28(15)23(30)17-10-8-16(9-11-17)19-6-4-14-31-19/h3-11,14-15H,12-13H2,1H3/t15-/m1/s1. The monoisotopic (exact) mass is 426 g/mol. The van der Waals surface area contributed by atoms with E-state index in [-0.39, 0.29) is 11.9 Å². The zero-order valence-corrected chi connectivity index (χ0v) is 17.6. The average Bonchev–Trinajstić information content (AvgIpc) is 3.50. The number of pyridine rings is 1. The van der Waals surface area contributed by atoms with Gasteiger partial charge in [0, 0.05) is 23.5 Å². The van der Waals surface area contributed by atoms with Gasteiger partial charge in [-0.25, -0.2) is 0 Å².